The van der Waals surface area contributed by atoms with Gasteiger partial charge in [0.15, 0.2) is 5.17 Å². The van der Waals surface area contributed by atoms with Gasteiger partial charge in [0, 0.05) is 6.42 Å². The Bertz CT molecular complexity index is 902. The van der Waals surface area contributed by atoms with Gasteiger partial charge in [-0.2, -0.15) is 0 Å². The van der Waals surface area contributed by atoms with E-state index in [0.717, 1.165) is 12.0 Å². The van der Waals surface area contributed by atoms with Gasteiger partial charge in [0.25, 0.3) is 0 Å². The molecule has 1 atom stereocenters. The first-order valence-electron chi connectivity index (χ1n) is 9.33. The minimum Gasteiger partial charge on any atom is -0.491 e. The van der Waals surface area contributed by atoms with E-state index in [9.17, 15) is 14.0 Å². The van der Waals surface area contributed by atoms with Crippen LogP contribution >= 0.6 is 11.8 Å². The summed E-state index contributed by atoms with van der Waals surface area (Å²) in [5.41, 5.74) is 1.41. The quantitative estimate of drug-likeness (QED) is 0.689. The van der Waals surface area contributed by atoms with Gasteiger partial charge >= 0.3 is 0 Å². The van der Waals surface area contributed by atoms with Gasteiger partial charge < -0.3 is 15.4 Å². The van der Waals surface area contributed by atoms with Crippen molar-refractivity contribution in [1.82, 2.24) is 5.32 Å². The Kier molecular flexibility index (Phi) is 7.24. The summed E-state index contributed by atoms with van der Waals surface area (Å²) < 4.78 is 18.6. The van der Waals surface area contributed by atoms with Crippen molar-refractivity contribution in [2.24, 2.45) is 4.99 Å². The molecular formula is C21H22FN3O3S. The fourth-order valence-corrected chi connectivity index (χ4v) is 3.61. The topological polar surface area (TPSA) is 79.8 Å². The summed E-state index contributed by atoms with van der Waals surface area (Å²) in [5.74, 6) is -0.228. The highest BCUT2D eigenvalue weighted by Crippen LogP contribution is 2.26. The van der Waals surface area contributed by atoms with Crippen molar-refractivity contribution in [2.45, 2.75) is 31.6 Å². The van der Waals surface area contributed by atoms with Crippen molar-refractivity contribution in [3.63, 3.8) is 0 Å². The predicted octanol–water partition coefficient (Wildman–Crippen LogP) is 3.73. The fraction of sp³-hybridized carbons (Fsp3) is 0.286. The summed E-state index contributed by atoms with van der Waals surface area (Å²) in [6.45, 7) is 2.89. The number of aliphatic imine (C=N–C) groups is 1. The molecule has 8 heteroatoms. The lowest BCUT2D eigenvalue weighted by Gasteiger charge is -2.12. The van der Waals surface area contributed by atoms with Crippen LogP contribution in [0.4, 0.5) is 10.1 Å². The van der Waals surface area contributed by atoms with Crippen LogP contribution in [0.5, 0.6) is 5.75 Å². The first-order valence-corrected chi connectivity index (χ1v) is 10.2. The van der Waals surface area contributed by atoms with Crippen LogP contribution < -0.4 is 15.4 Å². The van der Waals surface area contributed by atoms with Crippen molar-refractivity contribution in [1.29, 1.82) is 0 Å². The van der Waals surface area contributed by atoms with E-state index in [1.54, 1.807) is 24.3 Å². The number of carbonyl (C=O) groups is 2. The van der Waals surface area contributed by atoms with Gasteiger partial charge in [-0.25, -0.2) is 4.39 Å². The van der Waals surface area contributed by atoms with Crippen LogP contribution in [0.2, 0.25) is 0 Å². The molecule has 3 rings (SSSR count). The highest BCUT2D eigenvalue weighted by molar-refractivity contribution is 8.15. The predicted molar refractivity (Wildman–Crippen MR) is 113 cm³/mol. The SMILES string of the molecule is CCCOc1ccccc1NC(=O)C[C@H]1SC(=NCc2ccc(F)cc2)NC1=O. The van der Waals surface area contributed by atoms with Crippen molar-refractivity contribution < 1.29 is 18.7 Å². The third kappa shape index (κ3) is 6.05. The molecule has 152 valence electrons. The summed E-state index contributed by atoms with van der Waals surface area (Å²) in [6, 6.07) is 13.2. The molecule has 2 N–H and O–H groups in total. The maximum absolute atomic E-state index is 13.0. The first kappa shape index (κ1) is 20.9. The number of para-hydroxylation sites is 2. The number of ether oxygens (including phenoxy) is 1. The van der Waals surface area contributed by atoms with Gasteiger partial charge in [0.2, 0.25) is 11.8 Å². The Labute approximate surface area is 172 Å². The van der Waals surface area contributed by atoms with Crippen LogP contribution in [0.3, 0.4) is 0 Å². The zero-order chi connectivity index (χ0) is 20.6. The van der Waals surface area contributed by atoms with Crippen molar-refractivity contribution in [3.05, 3.63) is 59.9 Å². The Morgan fingerprint density at radius 3 is 2.76 bits per heavy atom. The lowest BCUT2D eigenvalue weighted by Crippen LogP contribution is -2.28. The van der Waals surface area contributed by atoms with Gasteiger partial charge in [-0.1, -0.05) is 43.0 Å². The van der Waals surface area contributed by atoms with E-state index in [-0.39, 0.29) is 24.1 Å². The van der Waals surface area contributed by atoms with Crippen LogP contribution in [-0.4, -0.2) is 28.8 Å². The molecule has 1 saturated heterocycles. The van der Waals surface area contributed by atoms with E-state index in [1.165, 1.54) is 23.9 Å². The molecule has 0 unspecified atom stereocenters. The van der Waals surface area contributed by atoms with Crippen LogP contribution in [-0.2, 0) is 16.1 Å². The van der Waals surface area contributed by atoms with Gasteiger partial charge in [-0.3, -0.25) is 14.6 Å². The number of hydrogen-bond acceptors (Lipinski definition) is 5. The monoisotopic (exact) mass is 415 g/mol. The largest absolute Gasteiger partial charge is 0.491 e. The van der Waals surface area contributed by atoms with Crippen LogP contribution in [0.1, 0.15) is 25.3 Å². The molecule has 0 radical (unpaired) electrons. The van der Waals surface area contributed by atoms with E-state index in [4.69, 9.17) is 4.74 Å². The zero-order valence-electron chi connectivity index (χ0n) is 16.0. The number of nitrogens with one attached hydrogen (secondary N) is 2. The van der Waals surface area contributed by atoms with Gasteiger partial charge in [0.05, 0.1) is 18.8 Å². The van der Waals surface area contributed by atoms with Crippen LogP contribution in [0.25, 0.3) is 0 Å². The summed E-state index contributed by atoms with van der Waals surface area (Å²) >= 11 is 1.22. The smallest absolute Gasteiger partial charge is 0.240 e. The van der Waals surface area contributed by atoms with E-state index >= 15 is 0 Å². The Morgan fingerprint density at radius 2 is 2.00 bits per heavy atom. The van der Waals surface area contributed by atoms with E-state index in [2.05, 4.69) is 15.6 Å². The number of anilines is 1. The second-order valence-corrected chi connectivity index (χ2v) is 7.63. The lowest BCUT2D eigenvalue weighted by atomic mass is 10.2. The van der Waals surface area contributed by atoms with E-state index in [0.29, 0.717) is 29.8 Å². The molecule has 0 aromatic heterocycles. The minimum absolute atomic E-state index is 0.0220. The normalized spacial score (nSPS) is 17.2. The van der Waals surface area contributed by atoms with Gasteiger partial charge in [0.1, 0.15) is 16.8 Å². The molecule has 0 spiro atoms. The molecule has 2 aromatic rings. The Morgan fingerprint density at radius 1 is 1.24 bits per heavy atom. The number of thioether (sulfide) groups is 1. The number of nitrogens with zero attached hydrogens (tertiary/aromatic N) is 1. The molecule has 29 heavy (non-hydrogen) atoms. The molecule has 1 aliphatic heterocycles. The average molecular weight is 415 g/mol. The molecule has 0 aliphatic carbocycles. The molecule has 1 heterocycles. The van der Waals surface area contributed by atoms with Crippen LogP contribution in [0.15, 0.2) is 53.5 Å². The maximum atomic E-state index is 13.0. The molecular weight excluding hydrogens is 393 g/mol. The molecule has 2 amide bonds. The highest BCUT2D eigenvalue weighted by atomic mass is 32.2. The van der Waals surface area contributed by atoms with Crippen molar-refractivity contribution >= 4 is 34.4 Å². The Hall–Kier alpha value is -2.87. The molecule has 1 fully saturated rings. The van der Waals surface area contributed by atoms with E-state index < -0.39 is 5.25 Å². The number of amidine groups is 1. The molecule has 2 aromatic carbocycles. The van der Waals surface area contributed by atoms with Crippen molar-refractivity contribution in [2.75, 3.05) is 11.9 Å². The summed E-state index contributed by atoms with van der Waals surface area (Å²) in [5, 5.41) is 5.41. The van der Waals surface area contributed by atoms with E-state index in [1.807, 2.05) is 19.1 Å². The zero-order valence-corrected chi connectivity index (χ0v) is 16.8. The highest BCUT2D eigenvalue weighted by Gasteiger charge is 2.32. The number of carbonyl (C=O) groups excluding carboxylic acids is 2. The first-order chi connectivity index (χ1) is 14.0. The number of amides is 2. The molecule has 0 saturated carbocycles. The standard InChI is InChI=1S/C21H22FN3O3S/c1-2-11-28-17-6-4-3-5-16(17)24-19(26)12-18-20(27)25-21(29-18)23-13-14-7-9-15(22)10-8-14/h3-10,18H,2,11-13H2,1H3,(H,24,26)(H,23,25,27)/t18-/m1/s1. The van der Waals surface area contributed by atoms with Gasteiger partial charge in [-0.15, -0.1) is 0 Å². The number of benzene rings is 2. The minimum atomic E-state index is -0.550. The average Bonchev–Trinajstić information content (AvgIpc) is 3.06. The molecule has 6 nitrogen and oxygen atoms in total. The third-order valence-electron chi connectivity index (χ3n) is 4.09. The molecule has 1 aliphatic rings. The second-order valence-electron chi connectivity index (χ2n) is 6.44. The lowest BCUT2D eigenvalue weighted by molar-refractivity contribution is -0.122. The molecule has 0 bridgehead atoms. The summed E-state index contributed by atoms with van der Waals surface area (Å²) in [7, 11) is 0. The van der Waals surface area contributed by atoms with Gasteiger partial charge in [-0.05, 0) is 36.2 Å². The van der Waals surface area contributed by atoms with Crippen molar-refractivity contribution in [3.8, 4) is 5.75 Å². The third-order valence-corrected chi connectivity index (χ3v) is 5.21. The van der Waals surface area contributed by atoms with Crippen LogP contribution in [0, 0.1) is 5.82 Å². The number of hydrogen-bond donors (Lipinski definition) is 2. The summed E-state index contributed by atoms with van der Waals surface area (Å²) in [4.78, 5) is 28.9. The number of halogens is 1. The summed E-state index contributed by atoms with van der Waals surface area (Å²) in [6.07, 6.45) is 0.884. The second kappa shape index (κ2) is 10.1. The maximum Gasteiger partial charge on any atom is 0.240 e. The number of rotatable bonds is 8. The fourth-order valence-electron chi connectivity index (χ4n) is 2.65. The Balaban J connectivity index is 1.55.